The Bertz CT molecular complexity index is 1030. The zero-order valence-electron chi connectivity index (χ0n) is 15.5. The van der Waals surface area contributed by atoms with Crippen molar-refractivity contribution in [3.8, 4) is 5.88 Å². The van der Waals surface area contributed by atoms with Gasteiger partial charge in [-0.05, 0) is 36.8 Å². The third-order valence-electron chi connectivity index (χ3n) is 3.86. The molecule has 7 nitrogen and oxygen atoms in total. The number of carbonyl (C=O) groups excluding carboxylic acids is 1. The van der Waals surface area contributed by atoms with Gasteiger partial charge in [-0.1, -0.05) is 12.1 Å². The first kappa shape index (κ1) is 20.0. The second-order valence-corrected chi connectivity index (χ2v) is 5.89. The Balaban J connectivity index is 1.63. The van der Waals surface area contributed by atoms with Gasteiger partial charge in [0.15, 0.2) is 5.82 Å². The average Bonchev–Trinajstić information content (AvgIpc) is 2.74. The van der Waals surface area contributed by atoms with Crippen LogP contribution < -0.4 is 10.2 Å². The van der Waals surface area contributed by atoms with E-state index in [0.717, 1.165) is 12.3 Å². The normalized spacial score (nSPS) is 11.2. The maximum atomic E-state index is 13.6. The van der Waals surface area contributed by atoms with Crippen LogP contribution in [0.2, 0.25) is 0 Å². The van der Waals surface area contributed by atoms with Gasteiger partial charge >= 0.3 is 0 Å². The molecule has 9 heteroatoms. The fraction of sp³-hybridized carbons (Fsp3) is 0.150. The molecule has 3 rings (SSSR count). The van der Waals surface area contributed by atoms with Crippen molar-refractivity contribution < 1.29 is 18.4 Å². The van der Waals surface area contributed by atoms with Crippen molar-refractivity contribution in [1.82, 2.24) is 20.3 Å². The Morgan fingerprint density at radius 1 is 1.14 bits per heavy atom. The molecule has 29 heavy (non-hydrogen) atoms. The van der Waals surface area contributed by atoms with Gasteiger partial charge in [-0.25, -0.2) is 13.8 Å². The van der Waals surface area contributed by atoms with E-state index in [1.54, 1.807) is 18.3 Å². The van der Waals surface area contributed by atoms with Crippen molar-refractivity contribution in [3.05, 3.63) is 83.6 Å². The van der Waals surface area contributed by atoms with Gasteiger partial charge in [0.1, 0.15) is 5.82 Å². The summed E-state index contributed by atoms with van der Waals surface area (Å²) in [6.45, 7) is 2.03. The number of nitrogens with zero attached hydrogens (tertiary/aromatic N) is 4. The summed E-state index contributed by atoms with van der Waals surface area (Å²) in [5, 5.41) is 6.60. The number of oxime groups is 1. The molecule has 3 aromatic heterocycles. The third kappa shape index (κ3) is 5.38. The lowest BCUT2D eigenvalue weighted by Crippen LogP contribution is -2.23. The molecule has 1 amide bonds. The molecule has 0 atom stereocenters. The lowest BCUT2D eigenvalue weighted by molar-refractivity contribution is 0.0949. The lowest BCUT2D eigenvalue weighted by Gasteiger charge is -2.07. The van der Waals surface area contributed by atoms with E-state index in [0.29, 0.717) is 23.4 Å². The minimum absolute atomic E-state index is 0.126. The summed E-state index contributed by atoms with van der Waals surface area (Å²) in [6, 6.07) is 7.27. The van der Waals surface area contributed by atoms with Crippen LogP contribution in [0, 0.1) is 11.6 Å². The molecule has 0 aliphatic carbocycles. The van der Waals surface area contributed by atoms with E-state index in [9.17, 15) is 13.6 Å². The van der Waals surface area contributed by atoms with Crippen molar-refractivity contribution in [2.24, 2.45) is 5.16 Å². The summed E-state index contributed by atoms with van der Waals surface area (Å²) in [4.78, 5) is 28.8. The SMILES string of the molecule is CCC(=NOc1ncccc1F)c1ccc(CNC(=O)c2cncc(F)c2)nc1. The van der Waals surface area contributed by atoms with Gasteiger partial charge in [0.25, 0.3) is 11.8 Å². The highest BCUT2D eigenvalue weighted by atomic mass is 19.1. The van der Waals surface area contributed by atoms with Crippen molar-refractivity contribution in [1.29, 1.82) is 0 Å². The van der Waals surface area contributed by atoms with Crippen LogP contribution >= 0.6 is 0 Å². The zero-order valence-corrected chi connectivity index (χ0v) is 15.5. The minimum atomic E-state index is -0.607. The molecular formula is C20H17F2N5O2. The number of hydrogen-bond acceptors (Lipinski definition) is 6. The molecule has 0 bridgehead atoms. The molecule has 0 aliphatic rings. The highest BCUT2D eigenvalue weighted by Crippen LogP contribution is 2.13. The number of nitrogens with one attached hydrogen (secondary N) is 1. The van der Waals surface area contributed by atoms with E-state index in [4.69, 9.17) is 4.84 Å². The van der Waals surface area contributed by atoms with Crippen LogP contribution in [0.5, 0.6) is 5.88 Å². The zero-order chi connectivity index (χ0) is 20.6. The first-order chi connectivity index (χ1) is 14.1. The van der Waals surface area contributed by atoms with E-state index >= 15 is 0 Å². The minimum Gasteiger partial charge on any atom is -0.346 e. The smallest absolute Gasteiger partial charge is 0.284 e. The molecule has 0 aromatic carbocycles. The van der Waals surface area contributed by atoms with Gasteiger partial charge in [-0.3, -0.25) is 14.8 Å². The van der Waals surface area contributed by atoms with E-state index in [1.165, 1.54) is 24.5 Å². The van der Waals surface area contributed by atoms with Crippen LogP contribution in [0.1, 0.15) is 35.0 Å². The summed E-state index contributed by atoms with van der Waals surface area (Å²) in [5.74, 6) is -1.86. The fourth-order valence-corrected chi connectivity index (χ4v) is 2.37. The predicted octanol–water partition coefficient (Wildman–Crippen LogP) is 3.27. The second kappa shape index (κ2) is 9.45. The van der Waals surface area contributed by atoms with Gasteiger partial charge < -0.3 is 10.2 Å². The second-order valence-electron chi connectivity index (χ2n) is 5.89. The summed E-state index contributed by atoms with van der Waals surface area (Å²) in [6.07, 6.45) is 5.81. The van der Waals surface area contributed by atoms with Gasteiger partial charge in [-0.15, -0.1) is 0 Å². The topological polar surface area (TPSA) is 89.4 Å². The molecule has 1 N–H and O–H groups in total. The van der Waals surface area contributed by atoms with E-state index < -0.39 is 17.5 Å². The van der Waals surface area contributed by atoms with E-state index in [-0.39, 0.29) is 18.0 Å². The van der Waals surface area contributed by atoms with Crippen molar-refractivity contribution in [2.45, 2.75) is 19.9 Å². The van der Waals surface area contributed by atoms with Crippen molar-refractivity contribution >= 4 is 11.6 Å². The van der Waals surface area contributed by atoms with Gasteiger partial charge in [0.05, 0.1) is 29.7 Å². The Hall–Kier alpha value is -3.75. The summed E-state index contributed by atoms with van der Waals surface area (Å²) >= 11 is 0. The Morgan fingerprint density at radius 3 is 2.69 bits per heavy atom. The van der Waals surface area contributed by atoms with Crippen LogP contribution in [0.3, 0.4) is 0 Å². The number of halogens is 2. The summed E-state index contributed by atoms with van der Waals surface area (Å²) in [5.41, 5.74) is 1.97. The Kier molecular flexibility index (Phi) is 6.51. The van der Waals surface area contributed by atoms with E-state index in [1.807, 2.05) is 6.92 Å². The van der Waals surface area contributed by atoms with Gasteiger partial charge in [0, 0.05) is 24.2 Å². The number of hydrogen-bond donors (Lipinski definition) is 1. The molecule has 0 saturated carbocycles. The number of pyridine rings is 3. The van der Waals surface area contributed by atoms with Gasteiger partial charge in [-0.2, -0.15) is 0 Å². The maximum absolute atomic E-state index is 13.6. The fourth-order valence-electron chi connectivity index (χ4n) is 2.37. The standard InChI is InChI=1S/C20H17F2N5O2/c1-2-18(27-29-20-17(22)4-3-7-24-20)13-5-6-16(25-10-13)12-26-19(28)14-8-15(21)11-23-9-14/h3-11H,2,12H2,1H3,(H,26,28). The number of amides is 1. The average molecular weight is 397 g/mol. The third-order valence-corrected chi connectivity index (χ3v) is 3.86. The number of carbonyl (C=O) groups is 1. The highest BCUT2D eigenvalue weighted by molar-refractivity contribution is 5.99. The van der Waals surface area contributed by atoms with E-state index in [2.05, 4.69) is 25.4 Å². The highest BCUT2D eigenvalue weighted by Gasteiger charge is 2.09. The largest absolute Gasteiger partial charge is 0.346 e. The Labute approximate surface area is 165 Å². The molecule has 0 fully saturated rings. The monoisotopic (exact) mass is 397 g/mol. The molecule has 3 aromatic rings. The molecule has 0 unspecified atom stereocenters. The quantitative estimate of drug-likeness (QED) is 0.488. The predicted molar refractivity (Wildman–Crippen MR) is 101 cm³/mol. The first-order valence-electron chi connectivity index (χ1n) is 8.75. The van der Waals surface area contributed by atoms with Crippen LogP contribution in [0.25, 0.3) is 0 Å². The molecule has 0 radical (unpaired) electrons. The molecule has 148 valence electrons. The van der Waals surface area contributed by atoms with Crippen molar-refractivity contribution in [3.63, 3.8) is 0 Å². The Morgan fingerprint density at radius 2 is 2.00 bits per heavy atom. The maximum Gasteiger partial charge on any atom is 0.284 e. The number of rotatable bonds is 7. The molecule has 0 spiro atoms. The first-order valence-corrected chi connectivity index (χ1v) is 8.75. The van der Waals surface area contributed by atoms with Crippen LogP contribution in [-0.2, 0) is 6.54 Å². The van der Waals surface area contributed by atoms with Crippen molar-refractivity contribution in [2.75, 3.05) is 0 Å². The lowest BCUT2D eigenvalue weighted by atomic mass is 10.1. The van der Waals surface area contributed by atoms with Gasteiger partial charge in [0.2, 0.25) is 0 Å². The molecule has 0 aliphatic heterocycles. The summed E-state index contributed by atoms with van der Waals surface area (Å²) < 4.78 is 26.7. The molecular weight excluding hydrogens is 380 g/mol. The molecule has 3 heterocycles. The van der Waals surface area contributed by atoms with Crippen LogP contribution in [-0.4, -0.2) is 26.6 Å². The molecule has 0 saturated heterocycles. The van der Waals surface area contributed by atoms with Crippen LogP contribution in [0.15, 0.2) is 60.3 Å². The summed E-state index contributed by atoms with van der Waals surface area (Å²) in [7, 11) is 0. The van der Waals surface area contributed by atoms with Crippen LogP contribution in [0.4, 0.5) is 8.78 Å². The number of aromatic nitrogens is 3.